The van der Waals surface area contributed by atoms with Crippen LogP contribution in [0.1, 0.15) is 12.0 Å². The Morgan fingerprint density at radius 3 is 3.00 bits per heavy atom. The standard InChI is InChI=1S/C13H15BrN2O2S/c1-18-12-5-4-11(14)7-13(12)19(17)6-2-3-10-8-15-16-9-10/h4-5,7-9H,2-3,6H2,1H3,(H,15,16)/t19-/m0/s1. The van der Waals surface area contributed by atoms with Gasteiger partial charge in [-0.15, -0.1) is 0 Å². The van der Waals surface area contributed by atoms with Crippen molar-refractivity contribution in [1.82, 2.24) is 10.2 Å². The zero-order chi connectivity index (χ0) is 13.7. The Balaban J connectivity index is 1.97. The Hall–Kier alpha value is -1.14. The summed E-state index contributed by atoms with van der Waals surface area (Å²) >= 11 is 3.39. The van der Waals surface area contributed by atoms with Crippen LogP contribution >= 0.6 is 15.9 Å². The smallest absolute Gasteiger partial charge is 0.135 e. The number of nitrogens with zero attached hydrogens (tertiary/aromatic N) is 1. The summed E-state index contributed by atoms with van der Waals surface area (Å²) in [7, 11) is 0.540. The van der Waals surface area contributed by atoms with E-state index < -0.39 is 10.8 Å². The lowest BCUT2D eigenvalue weighted by molar-refractivity contribution is 0.404. The average molecular weight is 343 g/mol. The molecule has 1 aromatic heterocycles. The highest BCUT2D eigenvalue weighted by molar-refractivity contribution is 9.10. The maximum atomic E-state index is 12.3. The molecule has 0 bridgehead atoms. The molecule has 0 saturated carbocycles. The molecular weight excluding hydrogens is 328 g/mol. The van der Waals surface area contributed by atoms with Crippen molar-refractivity contribution in [2.75, 3.05) is 12.9 Å². The zero-order valence-electron chi connectivity index (χ0n) is 10.6. The predicted octanol–water partition coefficient (Wildman–Crippen LogP) is 2.92. The van der Waals surface area contributed by atoms with E-state index in [1.54, 1.807) is 13.3 Å². The molecule has 0 aliphatic rings. The molecule has 102 valence electrons. The Labute approximate surface area is 123 Å². The van der Waals surface area contributed by atoms with Crippen LogP contribution in [0.15, 0.2) is 40.0 Å². The number of halogens is 1. The first-order chi connectivity index (χ1) is 9.20. The summed E-state index contributed by atoms with van der Waals surface area (Å²) in [6.45, 7) is 0. The second-order valence-corrected chi connectivity index (χ2v) is 6.51. The molecule has 1 aromatic carbocycles. The number of methoxy groups -OCH3 is 1. The lowest BCUT2D eigenvalue weighted by Gasteiger charge is -2.08. The molecule has 0 fully saturated rings. The van der Waals surface area contributed by atoms with Crippen molar-refractivity contribution in [2.24, 2.45) is 0 Å². The Morgan fingerprint density at radius 1 is 1.47 bits per heavy atom. The average Bonchev–Trinajstić information content (AvgIpc) is 2.91. The molecule has 0 aliphatic heterocycles. The van der Waals surface area contributed by atoms with Crippen molar-refractivity contribution in [3.05, 3.63) is 40.6 Å². The number of nitrogens with one attached hydrogen (secondary N) is 1. The van der Waals surface area contributed by atoms with E-state index in [0.717, 1.165) is 27.8 Å². The van der Waals surface area contributed by atoms with E-state index in [-0.39, 0.29) is 0 Å². The molecule has 0 unspecified atom stereocenters. The molecule has 0 spiro atoms. The van der Waals surface area contributed by atoms with E-state index >= 15 is 0 Å². The SMILES string of the molecule is COc1ccc(Br)cc1[S@@](=O)CCCc1cn[nH]c1. The lowest BCUT2D eigenvalue weighted by Crippen LogP contribution is -2.02. The fraction of sp³-hybridized carbons (Fsp3) is 0.308. The molecule has 0 amide bonds. The molecule has 0 aliphatic carbocycles. The van der Waals surface area contributed by atoms with Gasteiger partial charge >= 0.3 is 0 Å². The third-order valence-electron chi connectivity index (χ3n) is 2.72. The van der Waals surface area contributed by atoms with Crippen LogP contribution in [0.25, 0.3) is 0 Å². The van der Waals surface area contributed by atoms with Crippen LogP contribution in [0.2, 0.25) is 0 Å². The maximum Gasteiger partial charge on any atom is 0.135 e. The summed E-state index contributed by atoms with van der Waals surface area (Å²) in [5.41, 5.74) is 1.14. The Kier molecular flexibility index (Phi) is 5.15. The van der Waals surface area contributed by atoms with Crippen LogP contribution in [-0.4, -0.2) is 27.3 Å². The summed E-state index contributed by atoms with van der Waals surface area (Å²) in [6.07, 6.45) is 5.38. The van der Waals surface area contributed by atoms with Crippen molar-refractivity contribution in [1.29, 1.82) is 0 Å². The van der Waals surface area contributed by atoms with Gasteiger partial charge in [-0.3, -0.25) is 9.31 Å². The number of hydrogen-bond acceptors (Lipinski definition) is 3. The summed E-state index contributed by atoms with van der Waals surface area (Å²) in [5.74, 6) is 1.28. The molecule has 19 heavy (non-hydrogen) atoms. The lowest BCUT2D eigenvalue weighted by atomic mass is 10.2. The van der Waals surface area contributed by atoms with Crippen LogP contribution < -0.4 is 4.74 Å². The van der Waals surface area contributed by atoms with Crippen LogP contribution in [0.5, 0.6) is 5.75 Å². The Morgan fingerprint density at radius 2 is 2.32 bits per heavy atom. The minimum atomic E-state index is -1.05. The number of aryl methyl sites for hydroxylation is 1. The van der Waals surface area contributed by atoms with Gasteiger partial charge in [-0.2, -0.15) is 5.10 Å². The monoisotopic (exact) mass is 342 g/mol. The molecule has 2 rings (SSSR count). The van der Waals surface area contributed by atoms with Gasteiger partial charge in [-0.25, -0.2) is 0 Å². The van der Waals surface area contributed by atoms with Gasteiger partial charge in [0.1, 0.15) is 5.75 Å². The van der Waals surface area contributed by atoms with E-state index in [9.17, 15) is 4.21 Å². The number of aromatic amines is 1. The zero-order valence-corrected chi connectivity index (χ0v) is 13.0. The second kappa shape index (κ2) is 6.86. The first kappa shape index (κ1) is 14.3. The molecule has 0 radical (unpaired) electrons. The maximum absolute atomic E-state index is 12.3. The normalized spacial score (nSPS) is 12.3. The van der Waals surface area contributed by atoms with Gasteiger partial charge in [-0.05, 0) is 36.6 Å². The fourth-order valence-electron chi connectivity index (χ4n) is 1.76. The molecule has 4 nitrogen and oxygen atoms in total. The largest absolute Gasteiger partial charge is 0.495 e. The second-order valence-electron chi connectivity index (χ2n) is 4.05. The number of hydrogen-bond donors (Lipinski definition) is 1. The predicted molar refractivity (Wildman–Crippen MR) is 78.9 cm³/mol. The Bertz CT molecular complexity index is 558. The quantitative estimate of drug-likeness (QED) is 0.877. The van der Waals surface area contributed by atoms with E-state index in [1.165, 1.54) is 0 Å². The molecule has 6 heteroatoms. The van der Waals surface area contributed by atoms with Gasteiger partial charge < -0.3 is 4.74 Å². The van der Waals surface area contributed by atoms with Crippen molar-refractivity contribution < 1.29 is 8.95 Å². The highest BCUT2D eigenvalue weighted by Gasteiger charge is 2.11. The van der Waals surface area contributed by atoms with Crippen molar-refractivity contribution in [3.8, 4) is 5.75 Å². The third-order valence-corrected chi connectivity index (χ3v) is 4.68. The van der Waals surface area contributed by atoms with E-state index in [2.05, 4.69) is 26.1 Å². The van der Waals surface area contributed by atoms with E-state index in [4.69, 9.17) is 4.74 Å². The molecule has 0 saturated heterocycles. The van der Waals surface area contributed by atoms with Gasteiger partial charge in [0.2, 0.25) is 0 Å². The van der Waals surface area contributed by atoms with Crippen LogP contribution in [0.4, 0.5) is 0 Å². The van der Waals surface area contributed by atoms with Crippen LogP contribution in [0.3, 0.4) is 0 Å². The number of benzene rings is 1. The number of aromatic nitrogens is 2. The molecular formula is C13H15BrN2O2S. The minimum absolute atomic E-state index is 0.609. The first-order valence-electron chi connectivity index (χ1n) is 5.90. The molecule has 2 aromatic rings. The number of H-pyrrole nitrogens is 1. The molecule has 1 atom stereocenters. The summed E-state index contributed by atoms with van der Waals surface area (Å²) < 4.78 is 18.4. The van der Waals surface area contributed by atoms with Gasteiger partial charge in [0.25, 0.3) is 0 Å². The fourth-order valence-corrected chi connectivity index (χ4v) is 3.53. The number of rotatable bonds is 6. The van der Waals surface area contributed by atoms with E-state index in [1.807, 2.05) is 24.4 Å². The van der Waals surface area contributed by atoms with Crippen molar-refractivity contribution in [2.45, 2.75) is 17.7 Å². The van der Waals surface area contributed by atoms with Crippen molar-refractivity contribution >= 4 is 26.7 Å². The van der Waals surface area contributed by atoms with Gasteiger partial charge in [0.15, 0.2) is 0 Å². The first-order valence-corrected chi connectivity index (χ1v) is 8.01. The summed E-state index contributed by atoms with van der Waals surface area (Å²) in [5, 5.41) is 6.66. The molecule has 1 heterocycles. The topological polar surface area (TPSA) is 55.0 Å². The van der Waals surface area contributed by atoms with Crippen molar-refractivity contribution in [3.63, 3.8) is 0 Å². The van der Waals surface area contributed by atoms with Gasteiger partial charge in [0, 0.05) is 16.4 Å². The number of ether oxygens (including phenoxy) is 1. The highest BCUT2D eigenvalue weighted by Crippen LogP contribution is 2.26. The van der Waals surface area contributed by atoms with Gasteiger partial charge in [-0.1, -0.05) is 15.9 Å². The highest BCUT2D eigenvalue weighted by atomic mass is 79.9. The summed E-state index contributed by atoms with van der Waals surface area (Å²) in [6, 6.07) is 5.56. The summed E-state index contributed by atoms with van der Waals surface area (Å²) in [4.78, 5) is 0.740. The van der Waals surface area contributed by atoms with Crippen LogP contribution in [-0.2, 0) is 17.2 Å². The minimum Gasteiger partial charge on any atom is -0.495 e. The van der Waals surface area contributed by atoms with Gasteiger partial charge in [0.05, 0.1) is 29.0 Å². The third kappa shape index (κ3) is 3.91. The van der Waals surface area contributed by atoms with Crippen LogP contribution in [0, 0.1) is 0 Å². The molecule has 1 N–H and O–H groups in total. The van der Waals surface area contributed by atoms with E-state index in [0.29, 0.717) is 11.5 Å².